The second kappa shape index (κ2) is 7.24. The Morgan fingerprint density at radius 3 is 2.25 bits per heavy atom. The van der Waals surface area contributed by atoms with E-state index in [4.69, 9.17) is 0 Å². The van der Waals surface area contributed by atoms with Gasteiger partial charge in [0.25, 0.3) is 0 Å². The molecule has 0 aromatic heterocycles. The van der Waals surface area contributed by atoms with Gasteiger partial charge in [-0.3, -0.25) is 0 Å². The van der Waals surface area contributed by atoms with Crippen LogP contribution < -0.4 is 5.32 Å². The molecule has 0 amide bonds. The van der Waals surface area contributed by atoms with Crippen LogP contribution in [0.15, 0.2) is 0 Å². The van der Waals surface area contributed by atoms with Crippen molar-refractivity contribution in [3.05, 3.63) is 0 Å². The molecule has 2 unspecified atom stereocenters. The van der Waals surface area contributed by atoms with Crippen LogP contribution in [0.3, 0.4) is 0 Å². The number of hydrogen-bond donors (Lipinski definition) is 2. The molecule has 2 fully saturated rings. The second-order valence-corrected chi connectivity index (χ2v) is 7.50. The van der Waals surface area contributed by atoms with Crippen LogP contribution in [0, 0.1) is 0 Å². The topological polar surface area (TPSA) is 35.5 Å². The van der Waals surface area contributed by atoms with E-state index in [1.165, 1.54) is 51.4 Å². The fourth-order valence-electron chi connectivity index (χ4n) is 3.71. The Kier molecular flexibility index (Phi) is 5.88. The highest BCUT2D eigenvalue weighted by Gasteiger charge is 2.34. The standard InChI is InChI=1S/C17H34N2O/c1-14(12-17(2,13-20)18-15-10-11-15)19(3)16-8-6-4-5-7-9-16/h14-16,18,20H,4-13H2,1-3H3. The highest BCUT2D eigenvalue weighted by molar-refractivity contribution is 4.94. The van der Waals surface area contributed by atoms with E-state index in [1.807, 2.05) is 0 Å². The summed E-state index contributed by atoms with van der Waals surface area (Å²) in [6.45, 7) is 4.75. The van der Waals surface area contributed by atoms with Gasteiger partial charge in [0, 0.05) is 23.7 Å². The van der Waals surface area contributed by atoms with Gasteiger partial charge in [0.05, 0.1) is 6.61 Å². The van der Waals surface area contributed by atoms with Crippen molar-refractivity contribution in [1.29, 1.82) is 0 Å². The summed E-state index contributed by atoms with van der Waals surface area (Å²) in [7, 11) is 2.29. The van der Waals surface area contributed by atoms with Crippen LogP contribution in [0.5, 0.6) is 0 Å². The average Bonchev–Trinajstić information content (AvgIpc) is 3.24. The summed E-state index contributed by atoms with van der Waals surface area (Å²) in [4.78, 5) is 2.58. The van der Waals surface area contributed by atoms with E-state index in [0.29, 0.717) is 12.1 Å². The molecule has 0 aliphatic heterocycles. The third-order valence-electron chi connectivity index (χ3n) is 5.32. The molecule has 0 bridgehead atoms. The zero-order chi connectivity index (χ0) is 14.6. The van der Waals surface area contributed by atoms with Crippen LogP contribution in [0.25, 0.3) is 0 Å². The predicted molar refractivity (Wildman–Crippen MR) is 85.0 cm³/mol. The maximum Gasteiger partial charge on any atom is 0.0611 e. The molecule has 0 saturated heterocycles. The fraction of sp³-hybridized carbons (Fsp3) is 1.00. The van der Waals surface area contributed by atoms with Crippen molar-refractivity contribution in [3.63, 3.8) is 0 Å². The molecule has 118 valence electrons. The van der Waals surface area contributed by atoms with Crippen molar-refractivity contribution < 1.29 is 5.11 Å². The molecular formula is C17H34N2O. The first-order valence-electron chi connectivity index (χ1n) is 8.64. The lowest BCUT2D eigenvalue weighted by atomic mass is 9.92. The summed E-state index contributed by atoms with van der Waals surface area (Å²) in [5.41, 5.74) is -0.112. The molecule has 0 spiro atoms. The van der Waals surface area contributed by atoms with E-state index in [1.54, 1.807) is 0 Å². The molecule has 2 atom stereocenters. The average molecular weight is 282 g/mol. The Labute approximate surface area is 125 Å². The van der Waals surface area contributed by atoms with Crippen molar-refractivity contribution >= 4 is 0 Å². The number of aliphatic hydroxyl groups is 1. The van der Waals surface area contributed by atoms with Crippen molar-refractivity contribution in [2.24, 2.45) is 0 Å². The number of nitrogens with one attached hydrogen (secondary N) is 1. The van der Waals surface area contributed by atoms with Gasteiger partial charge in [-0.05, 0) is 53.0 Å². The monoisotopic (exact) mass is 282 g/mol. The first kappa shape index (κ1) is 16.3. The summed E-state index contributed by atoms with van der Waals surface area (Å²) in [5, 5.41) is 13.4. The first-order chi connectivity index (χ1) is 9.54. The molecule has 2 N–H and O–H groups in total. The second-order valence-electron chi connectivity index (χ2n) is 7.50. The zero-order valence-electron chi connectivity index (χ0n) is 13.7. The molecule has 0 aromatic rings. The molecule has 2 saturated carbocycles. The van der Waals surface area contributed by atoms with Crippen LogP contribution in [0.1, 0.15) is 71.6 Å². The van der Waals surface area contributed by atoms with Gasteiger partial charge in [-0.25, -0.2) is 0 Å². The van der Waals surface area contributed by atoms with Crippen LogP contribution in [-0.4, -0.2) is 47.3 Å². The smallest absolute Gasteiger partial charge is 0.0611 e. The lowest BCUT2D eigenvalue weighted by molar-refractivity contribution is 0.0993. The molecular weight excluding hydrogens is 248 g/mol. The summed E-state index contributed by atoms with van der Waals surface area (Å²) in [6, 6.07) is 1.93. The maximum absolute atomic E-state index is 9.77. The Bertz CT molecular complexity index is 285. The minimum Gasteiger partial charge on any atom is -0.394 e. The molecule has 2 aliphatic rings. The van der Waals surface area contributed by atoms with Crippen molar-refractivity contribution in [1.82, 2.24) is 10.2 Å². The fourth-order valence-corrected chi connectivity index (χ4v) is 3.71. The van der Waals surface area contributed by atoms with Gasteiger partial charge in [0.2, 0.25) is 0 Å². The molecule has 0 heterocycles. The van der Waals surface area contributed by atoms with Crippen LogP contribution in [0.2, 0.25) is 0 Å². The third kappa shape index (κ3) is 4.71. The van der Waals surface area contributed by atoms with Crippen LogP contribution in [0.4, 0.5) is 0 Å². The summed E-state index contributed by atoms with van der Waals surface area (Å²) < 4.78 is 0. The summed E-state index contributed by atoms with van der Waals surface area (Å²) >= 11 is 0. The number of rotatable bonds is 7. The number of aliphatic hydroxyl groups excluding tert-OH is 1. The lowest BCUT2D eigenvalue weighted by Gasteiger charge is -2.38. The first-order valence-corrected chi connectivity index (χ1v) is 8.64. The van der Waals surface area contributed by atoms with E-state index in [0.717, 1.165) is 12.5 Å². The van der Waals surface area contributed by atoms with Crippen molar-refractivity contribution in [2.45, 2.75) is 95.3 Å². The molecule has 3 heteroatoms. The SMILES string of the molecule is CC(CC(C)(CO)NC1CC1)N(C)C1CCCCCC1. The lowest BCUT2D eigenvalue weighted by Crippen LogP contribution is -2.52. The number of nitrogens with zero attached hydrogens (tertiary/aromatic N) is 1. The van der Waals surface area contributed by atoms with E-state index in [-0.39, 0.29) is 12.1 Å². The quantitative estimate of drug-likeness (QED) is 0.705. The van der Waals surface area contributed by atoms with Crippen LogP contribution in [-0.2, 0) is 0 Å². The highest BCUT2D eigenvalue weighted by atomic mass is 16.3. The Balaban J connectivity index is 1.85. The highest BCUT2D eigenvalue weighted by Crippen LogP contribution is 2.28. The minimum atomic E-state index is -0.112. The molecule has 20 heavy (non-hydrogen) atoms. The third-order valence-corrected chi connectivity index (χ3v) is 5.32. The summed E-state index contributed by atoms with van der Waals surface area (Å²) in [5.74, 6) is 0. The molecule has 0 aromatic carbocycles. The Morgan fingerprint density at radius 2 is 1.75 bits per heavy atom. The van der Waals surface area contributed by atoms with E-state index in [9.17, 15) is 5.11 Å². The number of hydrogen-bond acceptors (Lipinski definition) is 3. The molecule has 2 aliphatic carbocycles. The van der Waals surface area contributed by atoms with Gasteiger partial charge in [0.15, 0.2) is 0 Å². The normalized spacial score (nSPS) is 26.2. The van der Waals surface area contributed by atoms with Gasteiger partial charge in [0.1, 0.15) is 0 Å². The van der Waals surface area contributed by atoms with Gasteiger partial charge in [-0.1, -0.05) is 25.7 Å². The van der Waals surface area contributed by atoms with E-state index in [2.05, 4.69) is 31.1 Å². The Morgan fingerprint density at radius 1 is 1.15 bits per heavy atom. The maximum atomic E-state index is 9.77. The zero-order valence-corrected chi connectivity index (χ0v) is 13.7. The minimum absolute atomic E-state index is 0.112. The van der Waals surface area contributed by atoms with Crippen LogP contribution >= 0.6 is 0 Å². The molecule has 3 nitrogen and oxygen atoms in total. The van der Waals surface area contributed by atoms with Crippen molar-refractivity contribution in [3.8, 4) is 0 Å². The van der Waals surface area contributed by atoms with Gasteiger partial charge < -0.3 is 15.3 Å². The summed E-state index contributed by atoms with van der Waals surface area (Å²) in [6.07, 6.45) is 11.9. The van der Waals surface area contributed by atoms with E-state index < -0.39 is 0 Å². The molecule has 0 radical (unpaired) electrons. The Hall–Kier alpha value is -0.120. The van der Waals surface area contributed by atoms with E-state index >= 15 is 0 Å². The molecule has 2 rings (SSSR count). The van der Waals surface area contributed by atoms with Crippen molar-refractivity contribution in [2.75, 3.05) is 13.7 Å². The van der Waals surface area contributed by atoms with Gasteiger partial charge in [-0.15, -0.1) is 0 Å². The van der Waals surface area contributed by atoms with Gasteiger partial charge in [-0.2, -0.15) is 0 Å². The largest absolute Gasteiger partial charge is 0.394 e. The van der Waals surface area contributed by atoms with Gasteiger partial charge >= 0.3 is 0 Å². The predicted octanol–water partition coefficient (Wildman–Crippen LogP) is 2.92.